The fourth-order valence-electron chi connectivity index (χ4n) is 2.28. The molecular weight excluding hydrogens is 154 g/mol. The first-order valence-electron chi connectivity index (χ1n) is 4.36. The third-order valence-electron chi connectivity index (χ3n) is 3.03. The van der Waals surface area contributed by atoms with Crippen molar-refractivity contribution in [3.8, 4) is 0 Å². The van der Waals surface area contributed by atoms with Crippen molar-refractivity contribution in [3.63, 3.8) is 0 Å². The summed E-state index contributed by atoms with van der Waals surface area (Å²) < 4.78 is 0. The van der Waals surface area contributed by atoms with E-state index < -0.39 is 0 Å². The van der Waals surface area contributed by atoms with Gasteiger partial charge in [-0.25, -0.2) is 0 Å². The van der Waals surface area contributed by atoms with Gasteiger partial charge in [0.15, 0.2) is 6.33 Å². The van der Waals surface area contributed by atoms with Crippen molar-refractivity contribution in [1.29, 1.82) is 0 Å². The molecule has 0 amide bonds. The predicted octanol–water partition coefficient (Wildman–Crippen LogP) is -0.861. The molecule has 1 aromatic rings. The van der Waals surface area contributed by atoms with Gasteiger partial charge in [0.05, 0.1) is 6.54 Å². The van der Waals surface area contributed by atoms with Gasteiger partial charge >= 0.3 is 0 Å². The lowest BCUT2D eigenvalue weighted by atomic mass is 10.3. The number of nitrogens with zero attached hydrogens (tertiary/aromatic N) is 4. The van der Waals surface area contributed by atoms with Gasteiger partial charge in [-0.2, -0.15) is 4.80 Å². The van der Waals surface area contributed by atoms with Crippen LogP contribution < -0.4 is 5.32 Å². The van der Waals surface area contributed by atoms with Crippen molar-refractivity contribution in [1.82, 2.24) is 25.5 Å². The number of hydrogen-bond acceptors (Lipinski definition) is 4. The first-order chi connectivity index (χ1) is 5.95. The van der Waals surface area contributed by atoms with Crippen molar-refractivity contribution in [2.45, 2.75) is 6.54 Å². The molecule has 0 bridgehead atoms. The quantitative estimate of drug-likeness (QED) is 0.619. The van der Waals surface area contributed by atoms with Crippen LogP contribution in [0.5, 0.6) is 0 Å². The molecule has 1 unspecified atom stereocenters. The molecule has 1 aromatic heterocycles. The third-order valence-corrected chi connectivity index (χ3v) is 3.03. The molecule has 3 atom stereocenters. The van der Waals surface area contributed by atoms with Gasteiger partial charge in [-0.05, 0) is 36.1 Å². The molecule has 2 aliphatic rings. The van der Waals surface area contributed by atoms with Gasteiger partial charge in [-0.3, -0.25) is 0 Å². The van der Waals surface area contributed by atoms with Gasteiger partial charge in [0, 0.05) is 0 Å². The van der Waals surface area contributed by atoms with E-state index >= 15 is 0 Å². The zero-order valence-corrected chi connectivity index (χ0v) is 6.72. The fraction of sp³-hybridized carbons (Fsp3) is 0.857. The second-order valence-corrected chi connectivity index (χ2v) is 3.64. The summed E-state index contributed by atoms with van der Waals surface area (Å²) in [6.45, 7) is 3.32. The van der Waals surface area contributed by atoms with Gasteiger partial charge in [-0.1, -0.05) is 0 Å². The maximum Gasteiger partial charge on any atom is 0.162 e. The molecule has 2 fully saturated rings. The average Bonchev–Trinajstić information content (AvgIpc) is 2.59. The second kappa shape index (κ2) is 2.26. The number of fused-ring (bicyclic) bond motifs is 1. The largest absolute Gasteiger partial charge is 0.316 e. The van der Waals surface area contributed by atoms with Crippen LogP contribution in [0.25, 0.3) is 0 Å². The van der Waals surface area contributed by atoms with Crippen molar-refractivity contribution in [3.05, 3.63) is 6.33 Å². The molecule has 1 saturated carbocycles. The molecular formula is C7H11N5. The van der Waals surface area contributed by atoms with E-state index in [0.717, 1.165) is 24.3 Å². The van der Waals surface area contributed by atoms with Crippen molar-refractivity contribution in [2.75, 3.05) is 13.1 Å². The van der Waals surface area contributed by atoms with Crippen molar-refractivity contribution >= 4 is 0 Å². The van der Waals surface area contributed by atoms with Crippen LogP contribution in [0.1, 0.15) is 0 Å². The van der Waals surface area contributed by atoms with E-state index in [-0.39, 0.29) is 0 Å². The van der Waals surface area contributed by atoms with Crippen LogP contribution in [0.3, 0.4) is 0 Å². The molecule has 5 nitrogen and oxygen atoms in total. The van der Waals surface area contributed by atoms with Gasteiger partial charge < -0.3 is 5.32 Å². The minimum Gasteiger partial charge on any atom is -0.316 e. The summed E-state index contributed by atoms with van der Waals surface area (Å²) in [4.78, 5) is 1.70. The SMILES string of the molecule is c1nnn(CC2[C@H]3CNC[C@@H]23)n1. The van der Waals surface area contributed by atoms with Gasteiger partial charge in [-0.15, -0.1) is 10.2 Å². The molecule has 5 heteroatoms. The summed E-state index contributed by atoms with van der Waals surface area (Å²) >= 11 is 0. The number of tetrazole rings is 1. The molecule has 1 aliphatic heterocycles. The van der Waals surface area contributed by atoms with Gasteiger partial charge in [0.25, 0.3) is 0 Å². The van der Waals surface area contributed by atoms with Crippen LogP contribution in [0.2, 0.25) is 0 Å². The highest BCUT2D eigenvalue weighted by atomic mass is 15.6. The predicted molar refractivity (Wildman–Crippen MR) is 41.2 cm³/mol. The lowest BCUT2D eigenvalue weighted by molar-refractivity contribution is 0.436. The second-order valence-electron chi connectivity index (χ2n) is 3.64. The van der Waals surface area contributed by atoms with Crippen LogP contribution in [0.4, 0.5) is 0 Å². The Morgan fingerprint density at radius 2 is 2.25 bits per heavy atom. The molecule has 1 saturated heterocycles. The van der Waals surface area contributed by atoms with Gasteiger partial charge in [0.2, 0.25) is 0 Å². The van der Waals surface area contributed by atoms with Crippen LogP contribution >= 0.6 is 0 Å². The van der Waals surface area contributed by atoms with E-state index in [1.807, 2.05) is 0 Å². The smallest absolute Gasteiger partial charge is 0.162 e. The Bertz CT molecular complexity index is 259. The highest BCUT2D eigenvalue weighted by Crippen LogP contribution is 2.49. The topological polar surface area (TPSA) is 55.6 Å². The van der Waals surface area contributed by atoms with E-state index in [4.69, 9.17) is 0 Å². The lowest BCUT2D eigenvalue weighted by Crippen LogP contribution is -2.17. The van der Waals surface area contributed by atoms with E-state index in [1.165, 1.54) is 19.4 Å². The number of aromatic nitrogens is 4. The summed E-state index contributed by atoms with van der Waals surface area (Å²) in [5, 5.41) is 14.9. The Morgan fingerprint density at radius 3 is 2.92 bits per heavy atom. The Balaban J connectivity index is 1.65. The molecule has 0 spiro atoms. The summed E-state index contributed by atoms with van der Waals surface area (Å²) in [6.07, 6.45) is 1.50. The summed E-state index contributed by atoms with van der Waals surface area (Å²) in [5.74, 6) is 2.58. The van der Waals surface area contributed by atoms with Crippen molar-refractivity contribution in [2.24, 2.45) is 17.8 Å². The third kappa shape index (κ3) is 0.859. The Hall–Kier alpha value is -0.970. The molecule has 2 heterocycles. The molecule has 12 heavy (non-hydrogen) atoms. The number of piperidine rings is 1. The Morgan fingerprint density at radius 1 is 1.42 bits per heavy atom. The minimum atomic E-state index is 0.806. The Labute approximate surface area is 70.1 Å². The van der Waals surface area contributed by atoms with Crippen LogP contribution in [-0.4, -0.2) is 33.3 Å². The summed E-state index contributed by atoms with van der Waals surface area (Å²) in [6, 6.07) is 0. The highest BCUT2D eigenvalue weighted by molar-refractivity contribution is 5.02. The van der Waals surface area contributed by atoms with E-state index in [0.29, 0.717) is 0 Å². The molecule has 1 N–H and O–H groups in total. The highest BCUT2D eigenvalue weighted by Gasteiger charge is 2.52. The van der Waals surface area contributed by atoms with Crippen molar-refractivity contribution < 1.29 is 0 Å². The van der Waals surface area contributed by atoms with E-state index in [1.54, 1.807) is 4.80 Å². The van der Waals surface area contributed by atoms with Crippen LogP contribution in [-0.2, 0) is 6.54 Å². The maximum absolute atomic E-state index is 4.00. The number of hydrogen-bond donors (Lipinski definition) is 1. The zero-order valence-electron chi connectivity index (χ0n) is 6.72. The first-order valence-corrected chi connectivity index (χ1v) is 4.36. The van der Waals surface area contributed by atoms with Crippen LogP contribution in [0.15, 0.2) is 6.33 Å². The molecule has 3 rings (SSSR count). The summed E-state index contributed by atoms with van der Waals surface area (Å²) in [7, 11) is 0. The first kappa shape index (κ1) is 6.54. The van der Waals surface area contributed by atoms with Gasteiger partial charge in [0.1, 0.15) is 0 Å². The standard InChI is InChI=1S/C7H11N5/c1-5-6(2-8-1)7(5)3-12-10-4-9-11-12/h4-8H,1-3H2/t5-,6+,7?. The molecule has 0 radical (unpaired) electrons. The zero-order chi connectivity index (χ0) is 7.97. The molecule has 0 aromatic carbocycles. The van der Waals surface area contributed by atoms with E-state index in [2.05, 4.69) is 20.7 Å². The number of nitrogens with one attached hydrogen (secondary N) is 1. The number of rotatable bonds is 2. The Kier molecular flexibility index (Phi) is 1.23. The average molecular weight is 165 g/mol. The molecule has 64 valence electrons. The van der Waals surface area contributed by atoms with E-state index in [9.17, 15) is 0 Å². The lowest BCUT2D eigenvalue weighted by Gasteiger charge is -2.01. The normalized spacial score (nSPS) is 38.2. The van der Waals surface area contributed by atoms with Crippen LogP contribution in [0, 0.1) is 17.8 Å². The molecule has 1 aliphatic carbocycles. The minimum absolute atomic E-state index is 0.806. The monoisotopic (exact) mass is 165 g/mol. The summed E-state index contributed by atoms with van der Waals surface area (Å²) in [5.41, 5.74) is 0. The maximum atomic E-state index is 4.00. The fourth-order valence-corrected chi connectivity index (χ4v) is 2.28.